The molecule has 1 fully saturated rings. The number of H-pyrrole nitrogens is 1. The fourth-order valence-corrected chi connectivity index (χ4v) is 4.59. The number of carboxylic acids is 1. The normalized spacial score (nSPS) is 15.9. The van der Waals surface area contributed by atoms with Crippen LogP contribution in [-0.4, -0.2) is 44.2 Å². The van der Waals surface area contributed by atoms with Crippen LogP contribution >= 0.6 is 11.6 Å². The van der Waals surface area contributed by atoms with Crippen LogP contribution in [0.25, 0.3) is 0 Å². The van der Waals surface area contributed by atoms with Gasteiger partial charge in [0.2, 0.25) is 0 Å². The number of halogens is 5. The minimum absolute atomic E-state index is 0.000679. The Morgan fingerprint density at radius 2 is 1.94 bits per heavy atom. The third-order valence-corrected chi connectivity index (χ3v) is 6.74. The summed E-state index contributed by atoms with van der Waals surface area (Å²) < 4.78 is 56.5. The van der Waals surface area contributed by atoms with Crippen molar-refractivity contribution in [3.63, 3.8) is 0 Å². The Morgan fingerprint density at radius 1 is 1.22 bits per heavy atom. The Hall–Kier alpha value is -3.18. The van der Waals surface area contributed by atoms with E-state index in [1.165, 1.54) is 6.07 Å². The molecule has 36 heavy (non-hydrogen) atoms. The second kappa shape index (κ2) is 10.4. The number of aromatic amines is 1. The van der Waals surface area contributed by atoms with E-state index in [4.69, 9.17) is 11.6 Å². The minimum atomic E-state index is -3.12. The van der Waals surface area contributed by atoms with Crippen LogP contribution in [0.4, 0.5) is 29.2 Å². The van der Waals surface area contributed by atoms with Crippen molar-refractivity contribution < 1.29 is 27.5 Å². The van der Waals surface area contributed by atoms with E-state index in [0.717, 1.165) is 6.07 Å². The molecular weight excluding hydrogens is 502 g/mol. The topological polar surface area (TPSA) is 94.1 Å². The SMILES string of the molecule is Cc1cc(Nc2cc(C(F)F)c(F)c(CC3(C(=O)O)CCN(Cc4cccc(Cl)c4F)CC3)n2)n[nH]1. The van der Waals surface area contributed by atoms with Crippen LogP contribution in [0.5, 0.6) is 0 Å². The third-order valence-electron chi connectivity index (χ3n) is 6.45. The molecule has 12 heteroatoms. The number of nitrogens with zero attached hydrogens (tertiary/aromatic N) is 3. The summed E-state index contributed by atoms with van der Waals surface area (Å²) in [5.41, 5.74) is -1.56. The molecule has 0 bridgehead atoms. The lowest BCUT2D eigenvalue weighted by Gasteiger charge is -2.39. The van der Waals surface area contributed by atoms with Crippen molar-refractivity contribution in [2.75, 3.05) is 18.4 Å². The zero-order chi connectivity index (χ0) is 26.0. The highest BCUT2D eigenvalue weighted by Crippen LogP contribution is 2.38. The summed E-state index contributed by atoms with van der Waals surface area (Å²) in [5, 5.41) is 19.5. The van der Waals surface area contributed by atoms with Gasteiger partial charge in [-0.25, -0.2) is 22.5 Å². The maximum Gasteiger partial charge on any atom is 0.310 e. The first kappa shape index (κ1) is 25.9. The number of carboxylic acid groups (broad SMARTS) is 1. The zero-order valence-electron chi connectivity index (χ0n) is 19.3. The van der Waals surface area contributed by atoms with Gasteiger partial charge in [-0.3, -0.25) is 14.8 Å². The van der Waals surface area contributed by atoms with Gasteiger partial charge in [0.1, 0.15) is 11.6 Å². The summed E-state index contributed by atoms with van der Waals surface area (Å²) in [6.07, 6.45) is -3.29. The molecule has 1 aromatic carbocycles. The average Bonchev–Trinajstić information content (AvgIpc) is 3.24. The molecule has 3 heterocycles. The summed E-state index contributed by atoms with van der Waals surface area (Å²) >= 11 is 5.85. The number of piperidine rings is 1. The molecule has 1 aliphatic heterocycles. The first-order valence-corrected chi connectivity index (χ1v) is 11.6. The van der Waals surface area contributed by atoms with Gasteiger partial charge in [-0.15, -0.1) is 0 Å². The standard InChI is InChI=1S/C24H24ClF4N5O2/c1-13-9-19(33-32-13)31-18-10-15(22(28)29)21(27)17(30-18)11-24(23(35)36)5-7-34(8-6-24)12-14-3-2-4-16(25)20(14)26/h2-4,9-10,22H,5-8,11-12H2,1H3,(H,35,36)(H2,30,31,32,33). The summed E-state index contributed by atoms with van der Waals surface area (Å²) in [5.74, 6) is -2.69. The highest BCUT2D eigenvalue weighted by Gasteiger charge is 2.43. The van der Waals surface area contributed by atoms with E-state index in [1.807, 2.05) is 4.90 Å². The Balaban J connectivity index is 1.56. The highest BCUT2D eigenvalue weighted by atomic mass is 35.5. The number of anilines is 2. The van der Waals surface area contributed by atoms with Gasteiger partial charge in [0.15, 0.2) is 11.6 Å². The number of pyridine rings is 1. The molecule has 192 valence electrons. The number of nitrogens with one attached hydrogen (secondary N) is 2. The first-order valence-electron chi connectivity index (χ1n) is 11.2. The Labute approximate surface area is 209 Å². The van der Waals surface area contributed by atoms with Crippen molar-refractivity contribution in [3.05, 3.63) is 69.5 Å². The molecule has 7 nitrogen and oxygen atoms in total. The molecule has 0 saturated carbocycles. The third kappa shape index (κ3) is 5.46. The van der Waals surface area contributed by atoms with Gasteiger partial charge < -0.3 is 10.4 Å². The molecule has 0 atom stereocenters. The van der Waals surface area contributed by atoms with E-state index in [0.29, 0.717) is 17.1 Å². The molecule has 4 rings (SSSR count). The monoisotopic (exact) mass is 525 g/mol. The van der Waals surface area contributed by atoms with Gasteiger partial charge in [-0.05, 0) is 45.0 Å². The van der Waals surface area contributed by atoms with Gasteiger partial charge in [0.05, 0.1) is 21.7 Å². The average molecular weight is 526 g/mol. The number of hydrogen-bond donors (Lipinski definition) is 3. The highest BCUT2D eigenvalue weighted by molar-refractivity contribution is 6.30. The predicted molar refractivity (Wildman–Crippen MR) is 125 cm³/mol. The molecule has 0 spiro atoms. The molecule has 0 aliphatic carbocycles. The van der Waals surface area contributed by atoms with Crippen molar-refractivity contribution in [2.24, 2.45) is 5.41 Å². The Kier molecular flexibility index (Phi) is 7.51. The maximum atomic E-state index is 15.0. The number of aryl methyl sites for hydroxylation is 1. The summed E-state index contributed by atoms with van der Waals surface area (Å²) in [6, 6.07) is 7.18. The number of rotatable bonds is 8. The fourth-order valence-electron chi connectivity index (χ4n) is 4.39. The van der Waals surface area contributed by atoms with E-state index in [1.54, 1.807) is 25.1 Å². The number of likely N-dealkylation sites (tertiary alicyclic amines) is 1. The Bertz CT molecular complexity index is 1260. The Morgan fingerprint density at radius 3 is 2.56 bits per heavy atom. The van der Waals surface area contributed by atoms with Gasteiger partial charge in [-0.2, -0.15) is 5.10 Å². The van der Waals surface area contributed by atoms with E-state index >= 15 is 4.39 Å². The molecule has 1 aliphatic rings. The molecule has 0 unspecified atom stereocenters. The molecule has 0 radical (unpaired) electrons. The van der Waals surface area contributed by atoms with Crippen LogP contribution in [0.2, 0.25) is 5.02 Å². The molecule has 1 saturated heterocycles. The van der Waals surface area contributed by atoms with E-state index in [2.05, 4.69) is 20.5 Å². The zero-order valence-corrected chi connectivity index (χ0v) is 20.0. The van der Waals surface area contributed by atoms with Crippen LogP contribution < -0.4 is 5.32 Å². The minimum Gasteiger partial charge on any atom is -0.481 e. The van der Waals surface area contributed by atoms with Crippen LogP contribution in [0, 0.1) is 24.0 Å². The molecule has 2 aromatic heterocycles. The maximum absolute atomic E-state index is 15.0. The van der Waals surface area contributed by atoms with Crippen molar-refractivity contribution in [3.8, 4) is 0 Å². The van der Waals surface area contributed by atoms with Gasteiger partial charge in [0.25, 0.3) is 6.43 Å². The second-order valence-corrected chi connectivity index (χ2v) is 9.38. The molecule has 3 aromatic rings. The number of carbonyl (C=O) groups is 1. The number of hydrogen-bond acceptors (Lipinski definition) is 5. The van der Waals surface area contributed by atoms with Crippen LogP contribution in [-0.2, 0) is 17.8 Å². The molecular formula is C24H24ClF4N5O2. The van der Waals surface area contributed by atoms with Crippen molar-refractivity contribution in [2.45, 2.75) is 39.2 Å². The predicted octanol–water partition coefficient (Wildman–Crippen LogP) is 5.64. The van der Waals surface area contributed by atoms with E-state index < -0.39 is 35.0 Å². The van der Waals surface area contributed by atoms with Gasteiger partial charge >= 0.3 is 5.97 Å². The molecule has 3 N–H and O–H groups in total. The largest absolute Gasteiger partial charge is 0.481 e. The lowest BCUT2D eigenvalue weighted by Crippen LogP contribution is -2.45. The summed E-state index contributed by atoms with van der Waals surface area (Å²) in [4.78, 5) is 18.3. The number of benzene rings is 1. The number of aliphatic carboxylic acids is 1. The fraction of sp³-hybridized carbons (Fsp3) is 0.375. The summed E-state index contributed by atoms with van der Waals surface area (Å²) in [6.45, 7) is 2.54. The molecule has 0 amide bonds. The van der Waals surface area contributed by atoms with Crippen LogP contribution in [0.15, 0.2) is 30.3 Å². The van der Waals surface area contributed by atoms with Crippen LogP contribution in [0.1, 0.15) is 41.8 Å². The lowest BCUT2D eigenvalue weighted by molar-refractivity contribution is -0.152. The van der Waals surface area contributed by atoms with E-state index in [9.17, 15) is 23.1 Å². The van der Waals surface area contributed by atoms with Crippen LogP contribution in [0.3, 0.4) is 0 Å². The van der Waals surface area contributed by atoms with Crippen molar-refractivity contribution in [1.29, 1.82) is 0 Å². The first-order chi connectivity index (χ1) is 17.1. The number of alkyl halides is 2. The van der Waals surface area contributed by atoms with Gasteiger partial charge in [0, 0.05) is 30.3 Å². The second-order valence-electron chi connectivity index (χ2n) is 8.97. The quantitative estimate of drug-likeness (QED) is 0.330. The van der Waals surface area contributed by atoms with Gasteiger partial charge in [-0.1, -0.05) is 23.7 Å². The van der Waals surface area contributed by atoms with E-state index in [-0.39, 0.29) is 55.4 Å². The van der Waals surface area contributed by atoms with Crippen molar-refractivity contribution in [1.82, 2.24) is 20.1 Å². The summed E-state index contributed by atoms with van der Waals surface area (Å²) in [7, 11) is 0. The lowest BCUT2D eigenvalue weighted by atomic mass is 9.74. The number of aromatic nitrogens is 3. The smallest absolute Gasteiger partial charge is 0.310 e. The van der Waals surface area contributed by atoms with Crippen molar-refractivity contribution >= 4 is 29.2 Å².